The molecule has 90 valence electrons. The summed E-state index contributed by atoms with van der Waals surface area (Å²) in [6.07, 6.45) is 1.02. The van der Waals surface area contributed by atoms with E-state index in [9.17, 15) is 0 Å². The fraction of sp³-hybridized carbons (Fsp3) is 0.500. The van der Waals surface area contributed by atoms with Gasteiger partial charge in [-0.2, -0.15) is 0 Å². The van der Waals surface area contributed by atoms with E-state index in [4.69, 9.17) is 10.5 Å². The van der Waals surface area contributed by atoms with Crippen molar-refractivity contribution in [2.24, 2.45) is 0 Å². The Morgan fingerprint density at radius 3 is 2.69 bits per heavy atom. The van der Waals surface area contributed by atoms with Gasteiger partial charge in [0, 0.05) is 27.9 Å². The van der Waals surface area contributed by atoms with Crippen molar-refractivity contribution in [2.45, 2.75) is 30.8 Å². The summed E-state index contributed by atoms with van der Waals surface area (Å²) < 4.78 is 6.44. The zero-order valence-electron chi connectivity index (χ0n) is 9.92. The molecule has 1 aromatic rings. The van der Waals surface area contributed by atoms with Gasteiger partial charge in [-0.05, 0) is 54.4 Å². The van der Waals surface area contributed by atoms with Crippen molar-refractivity contribution in [3.8, 4) is 0 Å². The van der Waals surface area contributed by atoms with Gasteiger partial charge in [-0.25, -0.2) is 0 Å². The second-order valence-electron chi connectivity index (χ2n) is 4.25. The number of nitrogens with two attached hydrogens (primary N) is 1. The molecule has 0 spiro atoms. The SMILES string of the molecule is COC(C)(C)CCSc1ccc(N)cc1Br. The summed E-state index contributed by atoms with van der Waals surface area (Å²) in [5.41, 5.74) is 6.42. The number of nitrogen functional groups attached to an aromatic ring is 1. The molecule has 0 heterocycles. The van der Waals surface area contributed by atoms with E-state index in [1.54, 1.807) is 7.11 Å². The molecule has 0 amide bonds. The van der Waals surface area contributed by atoms with Gasteiger partial charge in [0.05, 0.1) is 5.60 Å². The van der Waals surface area contributed by atoms with Crippen LogP contribution in [0.5, 0.6) is 0 Å². The van der Waals surface area contributed by atoms with Crippen molar-refractivity contribution >= 4 is 33.4 Å². The first-order valence-electron chi connectivity index (χ1n) is 5.17. The van der Waals surface area contributed by atoms with Crippen molar-refractivity contribution in [1.29, 1.82) is 0 Å². The zero-order valence-corrected chi connectivity index (χ0v) is 12.3. The Hall–Kier alpha value is -0.190. The summed E-state index contributed by atoms with van der Waals surface area (Å²) >= 11 is 5.33. The van der Waals surface area contributed by atoms with E-state index in [0.29, 0.717) is 0 Å². The molecule has 0 unspecified atom stereocenters. The molecule has 0 aliphatic heterocycles. The van der Waals surface area contributed by atoms with E-state index in [1.807, 2.05) is 30.0 Å². The molecule has 4 heteroatoms. The molecular formula is C12H18BrNOS. The maximum atomic E-state index is 5.69. The summed E-state index contributed by atoms with van der Waals surface area (Å²) in [5.74, 6) is 1.03. The predicted molar refractivity (Wildman–Crippen MR) is 75.0 cm³/mol. The highest BCUT2D eigenvalue weighted by molar-refractivity contribution is 9.10. The molecule has 2 nitrogen and oxygen atoms in total. The van der Waals surface area contributed by atoms with Crippen LogP contribution in [-0.4, -0.2) is 18.5 Å². The largest absolute Gasteiger partial charge is 0.399 e. The maximum Gasteiger partial charge on any atom is 0.0630 e. The Kier molecular flexibility index (Phi) is 5.15. The summed E-state index contributed by atoms with van der Waals surface area (Å²) in [7, 11) is 1.75. The Morgan fingerprint density at radius 1 is 1.44 bits per heavy atom. The van der Waals surface area contributed by atoms with E-state index in [1.165, 1.54) is 4.90 Å². The Labute approximate surface area is 110 Å². The fourth-order valence-corrected chi connectivity index (χ4v) is 3.06. The normalized spacial score (nSPS) is 11.8. The minimum atomic E-state index is -0.0483. The minimum absolute atomic E-state index is 0.0483. The lowest BCUT2D eigenvalue weighted by Crippen LogP contribution is -2.22. The van der Waals surface area contributed by atoms with Crippen LogP contribution in [0.4, 0.5) is 5.69 Å². The van der Waals surface area contributed by atoms with Gasteiger partial charge < -0.3 is 10.5 Å². The minimum Gasteiger partial charge on any atom is -0.399 e. The molecule has 0 aliphatic carbocycles. The van der Waals surface area contributed by atoms with Gasteiger partial charge in [-0.1, -0.05) is 0 Å². The van der Waals surface area contributed by atoms with Crippen LogP contribution in [-0.2, 0) is 4.74 Å². The number of rotatable bonds is 5. The van der Waals surface area contributed by atoms with Crippen molar-refractivity contribution in [3.63, 3.8) is 0 Å². The highest BCUT2D eigenvalue weighted by Gasteiger charge is 2.15. The Bertz CT molecular complexity index is 355. The number of methoxy groups -OCH3 is 1. The molecule has 16 heavy (non-hydrogen) atoms. The average molecular weight is 304 g/mol. The quantitative estimate of drug-likeness (QED) is 0.661. The van der Waals surface area contributed by atoms with E-state index < -0.39 is 0 Å². The molecular weight excluding hydrogens is 286 g/mol. The van der Waals surface area contributed by atoms with Crippen LogP contribution in [0.3, 0.4) is 0 Å². The fourth-order valence-electron chi connectivity index (χ4n) is 1.14. The Balaban J connectivity index is 2.49. The van der Waals surface area contributed by atoms with Crippen LogP contribution in [0, 0.1) is 0 Å². The van der Waals surface area contributed by atoms with Crippen LogP contribution in [0.25, 0.3) is 0 Å². The van der Waals surface area contributed by atoms with Gasteiger partial charge in [-0.15, -0.1) is 11.8 Å². The highest BCUT2D eigenvalue weighted by Crippen LogP contribution is 2.30. The molecule has 1 aromatic carbocycles. The first-order chi connectivity index (χ1) is 7.44. The second-order valence-corrected chi connectivity index (χ2v) is 6.24. The topological polar surface area (TPSA) is 35.2 Å². The highest BCUT2D eigenvalue weighted by atomic mass is 79.9. The third-order valence-electron chi connectivity index (χ3n) is 2.47. The zero-order chi connectivity index (χ0) is 12.2. The van der Waals surface area contributed by atoms with Crippen LogP contribution in [0.15, 0.2) is 27.6 Å². The van der Waals surface area contributed by atoms with Crippen molar-refractivity contribution in [3.05, 3.63) is 22.7 Å². The second kappa shape index (κ2) is 5.94. The van der Waals surface area contributed by atoms with E-state index in [2.05, 4.69) is 29.8 Å². The predicted octanol–water partition coefficient (Wildman–Crippen LogP) is 3.94. The maximum absolute atomic E-state index is 5.69. The van der Waals surface area contributed by atoms with Gasteiger partial charge in [0.2, 0.25) is 0 Å². The molecule has 2 N–H and O–H groups in total. The van der Waals surface area contributed by atoms with Crippen LogP contribution < -0.4 is 5.73 Å². The molecule has 0 aliphatic rings. The smallest absolute Gasteiger partial charge is 0.0630 e. The average Bonchev–Trinajstić information content (AvgIpc) is 2.21. The standard InChI is InChI=1S/C12H18BrNOS/c1-12(2,15-3)6-7-16-11-5-4-9(14)8-10(11)13/h4-5,8H,6-7,14H2,1-3H3. The lowest BCUT2D eigenvalue weighted by molar-refractivity contribution is 0.0207. The summed E-state index contributed by atoms with van der Waals surface area (Å²) in [5, 5.41) is 0. The van der Waals surface area contributed by atoms with Crippen molar-refractivity contribution in [1.82, 2.24) is 0 Å². The number of hydrogen-bond donors (Lipinski definition) is 1. The van der Waals surface area contributed by atoms with Gasteiger partial charge >= 0.3 is 0 Å². The number of halogens is 1. The lowest BCUT2D eigenvalue weighted by Gasteiger charge is -2.22. The third kappa shape index (κ3) is 4.36. The first-order valence-corrected chi connectivity index (χ1v) is 6.95. The number of hydrogen-bond acceptors (Lipinski definition) is 3. The van der Waals surface area contributed by atoms with Crippen LogP contribution in [0.1, 0.15) is 20.3 Å². The molecule has 0 radical (unpaired) electrons. The molecule has 0 atom stereocenters. The lowest BCUT2D eigenvalue weighted by atomic mass is 10.1. The number of ether oxygens (including phenoxy) is 1. The van der Waals surface area contributed by atoms with E-state index in [-0.39, 0.29) is 5.60 Å². The molecule has 1 rings (SSSR count). The van der Waals surface area contributed by atoms with Gasteiger partial charge in [0.1, 0.15) is 0 Å². The summed E-state index contributed by atoms with van der Waals surface area (Å²) in [6.45, 7) is 4.21. The van der Waals surface area contributed by atoms with E-state index >= 15 is 0 Å². The Morgan fingerprint density at radius 2 is 2.12 bits per heavy atom. The molecule has 0 saturated carbocycles. The molecule has 0 bridgehead atoms. The van der Waals surface area contributed by atoms with Crippen LogP contribution >= 0.6 is 27.7 Å². The van der Waals surface area contributed by atoms with E-state index in [0.717, 1.165) is 22.3 Å². The van der Waals surface area contributed by atoms with Gasteiger partial charge in [0.25, 0.3) is 0 Å². The monoisotopic (exact) mass is 303 g/mol. The number of thioether (sulfide) groups is 1. The van der Waals surface area contributed by atoms with Gasteiger partial charge in [0.15, 0.2) is 0 Å². The summed E-state index contributed by atoms with van der Waals surface area (Å²) in [6, 6.07) is 5.90. The summed E-state index contributed by atoms with van der Waals surface area (Å²) in [4.78, 5) is 1.22. The number of benzene rings is 1. The van der Waals surface area contributed by atoms with Gasteiger partial charge in [-0.3, -0.25) is 0 Å². The first kappa shape index (κ1) is 13.9. The van der Waals surface area contributed by atoms with Crippen molar-refractivity contribution in [2.75, 3.05) is 18.6 Å². The third-order valence-corrected chi connectivity index (χ3v) is 4.46. The van der Waals surface area contributed by atoms with Crippen molar-refractivity contribution < 1.29 is 4.74 Å². The molecule has 0 fully saturated rings. The molecule has 0 saturated heterocycles. The van der Waals surface area contributed by atoms with Crippen LogP contribution in [0.2, 0.25) is 0 Å². The molecule has 0 aromatic heterocycles. The number of anilines is 1.